The molecule has 0 aromatic carbocycles. The second-order valence-corrected chi connectivity index (χ2v) is 6.72. The highest BCUT2D eigenvalue weighted by Gasteiger charge is 2.12. The lowest BCUT2D eigenvalue weighted by atomic mass is 10.00. The molecule has 0 bridgehead atoms. The minimum atomic E-state index is -3.00. The van der Waals surface area contributed by atoms with Gasteiger partial charge in [0.25, 0.3) is 0 Å². The smallest absolute Gasteiger partial charge is 0.150 e. The van der Waals surface area contributed by atoms with Crippen LogP contribution in [-0.2, 0) is 14.6 Å². The van der Waals surface area contributed by atoms with Crippen LogP contribution in [0.15, 0.2) is 0 Å². The van der Waals surface area contributed by atoms with Gasteiger partial charge in [0.05, 0.1) is 5.75 Å². The Hall–Kier alpha value is -0.420. The van der Waals surface area contributed by atoms with E-state index in [0.29, 0.717) is 18.9 Å². The Kier molecular flexibility index (Phi) is 7.58. The molecule has 1 atom stereocenters. The van der Waals surface area contributed by atoms with E-state index in [1.54, 1.807) is 6.92 Å². The third-order valence-corrected chi connectivity index (χ3v) is 4.41. The zero-order valence-corrected chi connectivity index (χ0v) is 11.1. The van der Waals surface area contributed by atoms with Crippen LogP contribution in [0.3, 0.4) is 0 Å². The van der Waals surface area contributed by atoms with Gasteiger partial charge in [0.2, 0.25) is 0 Å². The van der Waals surface area contributed by atoms with Gasteiger partial charge in [-0.1, -0.05) is 13.8 Å². The van der Waals surface area contributed by atoms with Crippen molar-refractivity contribution < 1.29 is 13.2 Å². The number of nitrogens with two attached hydrogens (primary N) is 1. The molecule has 0 amide bonds. The predicted molar refractivity (Wildman–Crippen MR) is 66.0 cm³/mol. The number of hydrogen-bond donors (Lipinski definition) is 1. The van der Waals surface area contributed by atoms with Gasteiger partial charge in [-0.05, 0) is 25.3 Å². The average Bonchev–Trinajstić information content (AvgIpc) is 2.24. The lowest BCUT2D eigenvalue weighted by Gasteiger charge is -2.08. The molecule has 2 N–H and O–H groups in total. The van der Waals surface area contributed by atoms with Crippen LogP contribution in [0.5, 0.6) is 0 Å². The molecule has 0 rings (SSSR count). The molecule has 0 saturated heterocycles. The average molecular weight is 249 g/mol. The summed E-state index contributed by atoms with van der Waals surface area (Å²) in [6, 6.07) is 0. The van der Waals surface area contributed by atoms with Crippen LogP contribution < -0.4 is 5.73 Å². The Morgan fingerprint density at radius 3 is 2.38 bits per heavy atom. The van der Waals surface area contributed by atoms with Gasteiger partial charge in [0, 0.05) is 18.6 Å². The molecular formula is C11H23NO3S. The first-order valence-electron chi connectivity index (χ1n) is 5.83. The van der Waals surface area contributed by atoms with Crippen LogP contribution in [-0.4, -0.2) is 32.3 Å². The fraction of sp³-hybridized carbons (Fsp3) is 0.909. The maximum absolute atomic E-state index is 11.4. The molecule has 5 heteroatoms. The van der Waals surface area contributed by atoms with Gasteiger partial charge in [0.1, 0.15) is 15.6 Å². The van der Waals surface area contributed by atoms with Gasteiger partial charge in [-0.3, -0.25) is 4.79 Å². The number of carbonyl (C=O) groups excluding carboxylic acids is 1. The largest absolute Gasteiger partial charge is 0.330 e. The molecule has 96 valence electrons. The predicted octanol–water partition coefficient (Wildman–Crippen LogP) is 1.15. The maximum atomic E-state index is 11.4. The topological polar surface area (TPSA) is 77.2 Å². The zero-order chi connectivity index (χ0) is 12.6. The third kappa shape index (κ3) is 7.82. The second-order valence-electron chi connectivity index (χ2n) is 4.25. The molecule has 0 aliphatic heterocycles. The van der Waals surface area contributed by atoms with Crippen molar-refractivity contribution in [3.05, 3.63) is 0 Å². The minimum absolute atomic E-state index is 0.00635. The Morgan fingerprint density at radius 2 is 1.88 bits per heavy atom. The lowest BCUT2D eigenvalue weighted by molar-refractivity contribution is -0.119. The first-order chi connectivity index (χ1) is 7.41. The molecular weight excluding hydrogens is 226 g/mol. The first-order valence-corrected chi connectivity index (χ1v) is 7.65. The van der Waals surface area contributed by atoms with Gasteiger partial charge in [0.15, 0.2) is 0 Å². The van der Waals surface area contributed by atoms with Crippen molar-refractivity contribution in [1.29, 1.82) is 0 Å². The molecule has 4 nitrogen and oxygen atoms in total. The Morgan fingerprint density at radius 1 is 1.25 bits per heavy atom. The van der Waals surface area contributed by atoms with E-state index in [9.17, 15) is 13.2 Å². The summed E-state index contributed by atoms with van der Waals surface area (Å²) >= 11 is 0. The van der Waals surface area contributed by atoms with E-state index in [4.69, 9.17) is 5.73 Å². The fourth-order valence-electron chi connectivity index (χ4n) is 1.37. The maximum Gasteiger partial charge on any atom is 0.150 e. The highest BCUT2D eigenvalue weighted by atomic mass is 32.2. The standard InChI is InChI=1S/C11H23NO3S/c1-3-16(14,15)9-7-11(13)5-4-10(2)6-8-12/h10H,3-9,12H2,1-2H3. The van der Waals surface area contributed by atoms with E-state index in [2.05, 4.69) is 6.92 Å². The molecule has 0 heterocycles. The molecule has 0 fully saturated rings. The van der Waals surface area contributed by atoms with Crippen molar-refractivity contribution in [2.24, 2.45) is 11.7 Å². The number of ketones is 1. The molecule has 16 heavy (non-hydrogen) atoms. The quantitative estimate of drug-likeness (QED) is 0.665. The first kappa shape index (κ1) is 15.6. The van der Waals surface area contributed by atoms with Gasteiger partial charge in [-0.25, -0.2) is 8.42 Å². The summed E-state index contributed by atoms with van der Waals surface area (Å²) in [6.07, 6.45) is 2.36. The molecule has 0 aliphatic carbocycles. The molecule has 0 spiro atoms. The third-order valence-electron chi connectivity index (χ3n) is 2.71. The molecule has 0 aromatic heterocycles. The van der Waals surface area contributed by atoms with Gasteiger partial charge in [-0.2, -0.15) is 0 Å². The number of hydrogen-bond acceptors (Lipinski definition) is 4. The highest BCUT2D eigenvalue weighted by Crippen LogP contribution is 2.10. The normalized spacial score (nSPS) is 13.7. The molecule has 1 unspecified atom stereocenters. The summed E-state index contributed by atoms with van der Waals surface area (Å²) in [5.41, 5.74) is 5.41. The van der Waals surface area contributed by atoms with Crippen molar-refractivity contribution in [3.8, 4) is 0 Å². The monoisotopic (exact) mass is 249 g/mol. The van der Waals surface area contributed by atoms with Crippen molar-refractivity contribution in [2.45, 2.75) is 39.5 Å². The van der Waals surface area contributed by atoms with Crippen molar-refractivity contribution in [1.82, 2.24) is 0 Å². The van der Waals surface area contributed by atoms with Gasteiger partial charge < -0.3 is 5.73 Å². The van der Waals surface area contributed by atoms with E-state index in [-0.39, 0.29) is 23.7 Å². The van der Waals surface area contributed by atoms with Crippen molar-refractivity contribution >= 4 is 15.6 Å². The minimum Gasteiger partial charge on any atom is -0.330 e. The number of rotatable bonds is 9. The molecule has 0 radical (unpaired) electrons. The highest BCUT2D eigenvalue weighted by molar-refractivity contribution is 7.91. The van der Waals surface area contributed by atoms with E-state index < -0.39 is 9.84 Å². The zero-order valence-electron chi connectivity index (χ0n) is 10.2. The number of Topliss-reactive ketones (excluding diaryl/α,β-unsaturated/α-hetero) is 1. The van der Waals surface area contributed by atoms with Crippen LogP contribution in [0.25, 0.3) is 0 Å². The van der Waals surface area contributed by atoms with Crippen molar-refractivity contribution in [3.63, 3.8) is 0 Å². The van der Waals surface area contributed by atoms with Crippen LogP contribution in [0, 0.1) is 5.92 Å². The molecule has 0 aromatic rings. The summed E-state index contributed by atoms with van der Waals surface area (Å²) < 4.78 is 22.4. The van der Waals surface area contributed by atoms with Crippen LogP contribution in [0.4, 0.5) is 0 Å². The van der Waals surface area contributed by atoms with Crippen LogP contribution in [0.2, 0.25) is 0 Å². The molecule has 0 saturated carbocycles. The molecule has 0 aliphatic rings. The van der Waals surface area contributed by atoms with Crippen LogP contribution >= 0.6 is 0 Å². The van der Waals surface area contributed by atoms with Crippen molar-refractivity contribution in [2.75, 3.05) is 18.1 Å². The van der Waals surface area contributed by atoms with E-state index in [0.717, 1.165) is 12.8 Å². The van der Waals surface area contributed by atoms with E-state index in [1.807, 2.05) is 0 Å². The van der Waals surface area contributed by atoms with E-state index in [1.165, 1.54) is 0 Å². The summed E-state index contributed by atoms with van der Waals surface area (Å²) in [5, 5.41) is 0. The van der Waals surface area contributed by atoms with Crippen LogP contribution in [0.1, 0.15) is 39.5 Å². The number of sulfone groups is 1. The van der Waals surface area contributed by atoms with Gasteiger partial charge >= 0.3 is 0 Å². The summed E-state index contributed by atoms with van der Waals surface area (Å²) in [5.74, 6) is 0.593. The fourth-order valence-corrected chi connectivity index (χ4v) is 2.20. The summed E-state index contributed by atoms with van der Waals surface area (Å²) in [7, 11) is -3.00. The number of carbonyl (C=O) groups is 1. The lowest BCUT2D eigenvalue weighted by Crippen LogP contribution is -2.14. The van der Waals surface area contributed by atoms with Gasteiger partial charge in [-0.15, -0.1) is 0 Å². The summed E-state index contributed by atoms with van der Waals surface area (Å²) in [4.78, 5) is 11.4. The Labute approximate surface area is 98.5 Å². The van der Waals surface area contributed by atoms with E-state index >= 15 is 0 Å². The SMILES string of the molecule is CCS(=O)(=O)CCC(=O)CCC(C)CCN. The Balaban J connectivity index is 3.76. The Bertz CT molecular complexity index is 298. The second kappa shape index (κ2) is 7.79. The summed E-state index contributed by atoms with van der Waals surface area (Å²) in [6.45, 7) is 4.30.